The number of carboxylic acid groups (broad SMARTS) is 1. The Hall–Kier alpha value is -2.09. The lowest BCUT2D eigenvalue weighted by atomic mass is 10.2. The lowest BCUT2D eigenvalue weighted by Crippen LogP contribution is -2.08. The molecule has 1 rings (SSSR count). The quantitative estimate of drug-likeness (QED) is 0.703. The summed E-state index contributed by atoms with van der Waals surface area (Å²) in [7, 11) is 0. The molecule has 5 heteroatoms. The van der Waals surface area contributed by atoms with E-state index in [2.05, 4.69) is 16.2 Å². The SMILES string of the molecule is C#CCNc1ncc(F)cc1C(=O)O. The molecule has 72 valence electrons. The first-order valence-electron chi connectivity index (χ1n) is 3.71. The molecule has 4 nitrogen and oxygen atoms in total. The van der Waals surface area contributed by atoms with Crippen molar-refractivity contribution in [3.05, 3.63) is 23.6 Å². The molecule has 0 aliphatic rings. The van der Waals surface area contributed by atoms with Crippen LogP contribution in [0.15, 0.2) is 12.3 Å². The van der Waals surface area contributed by atoms with Crippen molar-refractivity contribution >= 4 is 11.8 Å². The Morgan fingerprint density at radius 3 is 3.07 bits per heavy atom. The van der Waals surface area contributed by atoms with Crippen LogP contribution in [0.4, 0.5) is 10.2 Å². The van der Waals surface area contributed by atoms with Crippen molar-refractivity contribution in [2.24, 2.45) is 0 Å². The molecule has 1 aromatic heterocycles. The second kappa shape index (κ2) is 4.23. The zero-order valence-electron chi connectivity index (χ0n) is 7.12. The van der Waals surface area contributed by atoms with E-state index in [0.29, 0.717) is 0 Å². The fourth-order valence-electron chi connectivity index (χ4n) is 0.878. The molecule has 0 fully saturated rings. The van der Waals surface area contributed by atoms with Gasteiger partial charge in [-0.3, -0.25) is 0 Å². The van der Waals surface area contributed by atoms with Gasteiger partial charge < -0.3 is 10.4 Å². The van der Waals surface area contributed by atoms with Gasteiger partial charge in [0, 0.05) is 0 Å². The molecule has 1 heterocycles. The molecule has 0 spiro atoms. The third kappa shape index (κ3) is 2.20. The molecule has 0 aliphatic heterocycles. The number of anilines is 1. The van der Waals surface area contributed by atoms with E-state index in [1.54, 1.807) is 0 Å². The molecule has 1 aromatic rings. The van der Waals surface area contributed by atoms with Crippen molar-refractivity contribution < 1.29 is 14.3 Å². The first-order valence-corrected chi connectivity index (χ1v) is 3.71. The highest BCUT2D eigenvalue weighted by Gasteiger charge is 2.11. The van der Waals surface area contributed by atoms with Gasteiger partial charge in [-0.2, -0.15) is 0 Å². The van der Waals surface area contributed by atoms with Crippen LogP contribution in [0.2, 0.25) is 0 Å². The fraction of sp³-hybridized carbons (Fsp3) is 0.111. The fourth-order valence-corrected chi connectivity index (χ4v) is 0.878. The van der Waals surface area contributed by atoms with Crippen LogP contribution in [0, 0.1) is 18.2 Å². The minimum absolute atomic E-state index is 0.0665. The molecule has 0 aliphatic carbocycles. The molecule has 0 atom stereocenters. The number of aromatic nitrogens is 1. The summed E-state index contributed by atoms with van der Waals surface area (Å²) >= 11 is 0. The van der Waals surface area contributed by atoms with Crippen LogP contribution >= 0.6 is 0 Å². The van der Waals surface area contributed by atoms with Gasteiger partial charge in [0.15, 0.2) is 0 Å². The first-order chi connectivity index (χ1) is 6.65. The smallest absolute Gasteiger partial charge is 0.339 e. The summed E-state index contributed by atoms with van der Waals surface area (Å²) in [5, 5.41) is 11.3. The predicted molar refractivity (Wildman–Crippen MR) is 48.5 cm³/mol. The van der Waals surface area contributed by atoms with Crippen molar-refractivity contribution in [1.29, 1.82) is 0 Å². The van der Waals surface area contributed by atoms with E-state index in [0.717, 1.165) is 12.3 Å². The molecule has 0 bridgehead atoms. The normalized spacial score (nSPS) is 9.14. The highest BCUT2D eigenvalue weighted by atomic mass is 19.1. The molecule has 0 saturated carbocycles. The standard InChI is InChI=1S/C9H7FN2O2/c1-2-3-11-8-7(9(13)14)4-6(10)5-12-8/h1,4-5H,3H2,(H,11,12)(H,13,14). The number of nitrogens with one attached hydrogen (secondary N) is 1. The molecule has 0 radical (unpaired) electrons. The maximum Gasteiger partial charge on any atom is 0.339 e. The largest absolute Gasteiger partial charge is 0.478 e. The van der Waals surface area contributed by atoms with Crippen molar-refractivity contribution in [3.8, 4) is 12.3 Å². The topological polar surface area (TPSA) is 62.2 Å². The van der Waals surface area contributed by atoms with Crippen LogP contribution in [0.1, 0.15) is 10.4 Å². The van der Waals surface area contributed by atoms with Gasteiger partial charge >= 0.3 is 5.97 Å². The third-order valence-electron chi connectivity index (χ3n) is 1.44. The summed E-state index contributed by atoms with van der Waals surface area (Å²) in [6, 6.07) is 0.883. The molecular weight excluding hydrogens is 187 g/mol. The van der Waals surface area contributed by atoms with Crippen LogP contribution in [-0.2, 0) is 0 Å². The van der Waals surface area contributed by atoms with Crippen LogP contribution in [0.3, 0.4) is 0 Å². The number of halogens is 1. The Balaban J connectivity index is 3.03. The van der Waals surface area contributed by atoms with Crippen LogP contribution in [0.5, 0.6) is 0 Å². The Kier molecular flexibility index (Phi) is 3.02. The van der Waals surface area contributed by atoms with Gasteiger partial charge in [0.2, 0.25) is 0 Å². The molecule has 0 unspecified atom stereocenters. The van der Waals surface area contributed by atoms with Gasteiger partial charge in [-0.05, 0) is 6.07 Å². The zero-order chi connectivity index (χ0) is 10.6. The summed E-state index contributed by atoms with van der Waals surface area (Å²) in [6.07, 6.45) is 5.89. The molecule has 2 N–H and O–H groups in total. The van der Waals surface area contributed by atoms with Gasteiger partial charge in [-0.25, -0.2) is 14.2 Å². The van der Waals surface area contributed by atoms with E-state index in [9.17, 15) is 9.18 Å². The summed E-state index contributed by atoms with van der Waals surface area (Å²) in [6.45, 7) is 0.138. The molecule has 0 aromatic carbocycles. The second-order valence-electron chi connectivity index (χ2n) is 2.41. The zero-order valence-corrected chi connectivity index (χ0v) is 7.12. The lowest BCUT2D eigenvalue weighted by Gasteiger charge is -2.04. The summed E-state index contributed by atoms with van der Waals surface area (Å²) in [5.41, 5.74) is -0.236. The van der Waals surface area contributed by atoms with Crippen molar-refractivity contribution in [2.45, 2.75) is 0 Å². The number of carbonyl (C=O) groups is 1. The molecule has 0 saturated heterocycles. The van der Waals surface area contributed by atoms with Crippen molar-refractivity contribution in [3.63, 3.8) is 0 Å². The van der Waals surface area contributed by atoms with E-state index in [-0.39, 0.29) is 17.9 Å². The monoisotopic (exact) mass is 194 g/mol. The summed E-state index contributed by atoms with van der Waals surface area (Å²) in [4.78, 5) is 14.2. The number of pyridine rings is 1. The van der Waals surface area contributed by atoms with Gasteiger partial charge in [-0.15, -0.1) is 6.42 Å². The minimum Gasteiger partial charge on any atom is -0.478 e. The van der Waals surface area contributed by atoms with Gasteiger partial charge in [0.1, 0.15) is 17.2 Å². The van der Waals surface area contributed by atoms with Crippen molar-refractivity contribution in [1.82, 2.24) is 4.98 Å². The van der Waals surface area contributed by atoms with E-state index < -0.39 is 11.8 Å². The van der Waals surface area contributed by atoms with Gasteiger partial charge in [-0.1, -0.05) is 5.92 Å². The highest BCUT2D eigenvalue weighted by molar-refractivity contribution is 5.93. The minimum atomic E-state index is -1.25. The average Bonchev–Trinajstić information content (AvgIpc) is 2.15. The maximum absolute atomic E-state index is 12.6. The molecule has 14 heavy (non-hydrogen) atoms. The van der Waals surface area contributed by atoms with E-state index in [1.807, 2.05) is 0 Å². The molecular formula is C9H7FN2O2. The molecule has 0 amide bonds. The third-order valence-corrected chi connectivity index (χ3v) is 1.44. The highest BCUT2D eigenvalue weighted by Crippen LogP contribution is 2.12. The number of aromatic carboxylic acids is 1. The Labute approximate surface area is 79.8 Å². The van der Waals surface area contributed by atoms with E-state index >= 15 is 0 Å². The van der Waals surface area contributed by atoms with Crippen LogP contribution in [-0.4, -0.2) is 22.6 Å². The van der Waals surface area contributed by atoms with Crippen molar-refractivity contribution in [2.75, 3.05) is 11.9 Å². The Morgan fingerprint density at radius 2 is 2.50 bits per heavy atom. The first kappa shape index (κ1) is 9.99. The van der Waals surface area contributed by atoms with E-state index in [1.165, 1.54) is 0 Å². The second-order valence-corrected chi connectivity index (χ2v) is 2.41. The Morgan fingerprint density at radius 1 is 1.79 bits per heavy atom. The lowest BCUT2D eigenvalue weighted by molar-refractivity contribution is 0.0697. The van der Waals surface area contributed by atoms with Crippen LogP contribution in [0.25, 0.3) is 0 Å². The number of rotatable bonds is 3. The summed E-state index contributed by atoms with van der Waals surface area (Å²) < 4.78 is 12.6. The summed E-state index contributed by atoms with van der Waals surface area (Å²) in [5.74, 6) is 0.372. The number of carboxylic acids is 1. The predicted octanol–water partition coefficient (Wildman–Crippen LogP) is 0.964. The van der Waals surface area contributed by atoms with Crippen LogP contribution < -0.4 is 5.32 Å². The average molecular weight is 194 g/mol. The maximum atomic E-state index is 12.6. The number of hydrogen-bond acceptors (Lipinski definition) is 3. The van der Waals surface area contributed by atoms with E-state index in [4.69, 9.17) is 11.5 Å². The number of nitrogens with zero attached hydrogens (tertiary/aromatic N) is 1. The number of terminal acetylenes is 1. The van der Waals surface area contributed by atoms with Gasteiger partial charge in [0.05, 0.1) is 12.7 Å². The Bertz CT molecular complexity index is 398. The number of hydrogen-bond donors (Lipinski definition) is 2. The van der Waals surface area contributed by atoms with Gasteiger partial charge in [0.25, 0.3) is 0 Å².